The maximum atomic E-state index is 12.9. The van der Waals surface area contributed by atoms with Crippen molar-refractivity contribution < 1.29 is 24.2 Å². The van der Waals surface area contributed by atoms with Gasteiger partial charge in [0.25, 0.3) is 0 Å². The molecule has 7 heteroatoms. The number of rotatable bonds is 9. The van der Waals surface area contributed by atoms with Crippen LogP contribution < -0.4 is 0 Å². The van der Waals surface area contributed by atoms with Gasteiger partial charge in [0.15, 0.2) is 5.78 Å². The first-order chi connectivity index (χ1) is 12.3. The first-order valence-corrected chi connectivity index (χ1v) is 9.60. The highest BCUT2D eigenvalue weighted by Gasteiger charge is 2.35. The Morgan fingerprint density at radius 1 is 1.27 bits per heavy atom. The highest BCUT2D eigenvalue weighted by atomic mass is 32.2. The van der Waals surface area contributed by atoms with Crippen LogP contribution in [0, 0.1) is 5.92 Å². The zero-order valence-corrected chi connectivity index (χ0v) is 16.0. The molecule has 1 aromatic rings. The van der Waals surface area contributed by atoms with Crippen LogP contribution in [0.1, 0.15) is 30.6 Å². The van der Waals surface area contributed by atoms with Gasteiger partial charge in [0.05, 0.1) is 25.2 Å². The highest BCUT2D eigenvalue weighted by Crippen LogP contribution is 2.25. The lowest BCUT2D eigenvalue weighted by Gasteiger charge is -2.39. The molecular formula is C19H25NO5S. The molecule has 1 atom stereocenters. The molecule has 0 radical (unpaired) electrons. The summed E-state index contributed by atoms with van der Waals surface area (Å²) < 4.78 is 5.36. The number of ketones is 1. The third kappa shape index (κ3) is 5.40. The Hall–Kier alpha value is -1.70. The number of Topliss-reactive ketones (excluding diaryl/α,β-unsaturated/α-hetero) is 1. The van der Waals surface area contributed by atoms with Crippen LogP contribution in [0.5, 0.6) is 0 Å². The number of nitrogens with zero attached hydrogens (tertiary/aromatic N) is 1. The maximum Gasteiger partial charge on any atom is 0.304 e. The van der Waals surface area contributed by atoms with Crippen molar-refractivity contribution in [1.82, 2.24) is 4.90 Å². The van der Waals surface area contributed by atoms with Gasteiger partial charge < -0.3 is 14.6 Å². The van der Waals surface area contributed by atoms with E-state index in [4.69, 9.17) is 9.84 Å². The molecule has 0 amide bonds. The van der Waals surface area contributed by atoms with E-state index in [0.29, 0.717) is 30.8 Å². The summed E-state index contributed by atoms with van der Waals surface area (Å²) >= 11 is 1.42. The lowest BCUT2D eigenvalue weighted by Crippen LogP contribution is -2.54. The largest absolute Gasteiger partial charge is 0.481 e. The average molecular weight is 379 g/mol. The molecule has 2 rings (SSSR count). The molecule has 26 heavy (non-hydrogen) atoms. The molecule has 1 saturated heterocycles. The molecule has 1 heterocycles. The smallest absolute Gasteiger partial charge is 0.304 e. The summed E-state index contributed by atoms with van der Waals surface area (Å²) in [5, 5.41) is 8.78. The van der Waals surface area contributed by atoms with Gasteiger partial charge in [-0.3, -0.25) is 14.5 Å². The number of benzene rings is 1. The fraction of sp³-hybridized carbons (Fsp3) is 0.526. The van der Waals surface area contributed by atoms with E-state index in [-0.39, 0.29) is 12.2 Å². The van der Waals surface area contributed by atoms with Crippen LogP contribution in [-0.4, -0.2) is 65.6 Å². The van der Waals surface area contributed by atoms with Crippen molar-refractivity contribution >= 4 is 29.8 Å². The molecule has 1 N–H and O–H groups in total. The van der Waals surface area contributed by atoms with E-state index in [1.807, 2.05) is 26.0 Å². The number of thioether (sulfide) groups is 1. The second-order valence-corrected chi connectivity index (χ2v) is 7.91. The summed E-state index contributed by atoms with van der Waals surface area (Å²) in [7, 11) is 0. The highest BCUT2D eigenvalue weighted by molar-refractivity contribution is 7.99. The van der Waals surface area contributed by atoms with Crippen LogP contribution in [0.15, 0.2) is 29.2 Å². The lowest BCUT2D eigenvalue weighted by atomic mass is 9.91. The Kier molecular flexibility index (Phi) is 7.37. The Morgan fingerprint density at radius 2 is 1.88 bits per heavy atom. The molecule has 6 nitrogen and oxygen atoms in total. The molecular weight excluding hydrogens is 354 g/mol. The zero-order chi connectivity index (χ0) is 19.2. The van der Waals surface area contributed by atoms with E-state index in [2.05, 4.69) is 4.90 Å². The predicted molar refractivity (Wildman–Crippen MR) is 99.8 cm³/mol. The first kappa shape index (κ1) is 20.6. The number of aliphatic carboxylic acids is 1. The minimum Gasteiger partial charge on any atom is -0.481 e. The average Bonchev–Trinajstić information content (AvgIpc) is 2.65. The molecule has 1 aliphatic rings. The molecule has 0 saturated carbocycles. The quantitative estimate of drug-likeness (QED) is 0.400. The summed E-state index contributed by atoms with van der Waals surface area (Å²) in [6, 6.07) is 7.27. The van der Waals surface area contributed by atoms with Crippen LogP contribution in [0.3, 0.4) is 0 Å². The van der Waals surface area contributed by atoms with Crippen molar-refractivity contribution in [2.24, 2.45) is 5.92 Å². The minimum atomic E-state index is -0.978. The Morgan fingerprint density at radius 3 is 2.42 bits per heavy atom. The van der Waals surface area contributed by atoms with Gasteiger partial charge in [0.2, 0.25) is 0 Å². The van der Waals surface area contributed by atoms with Crippen LogP contribution in [-0.2, 0) is 14.3 Å². The van der Waals surface area contributed by atoms with Crippen molar-refractivity contribution in [1.29, 1.82) is 0 Å². The van der Waals surface area contributed by atoms with Crippen LogP contribution >= 0.6 is 11.8 Å². The summed E-state index contributed by atoms with van der Waals surface area (Å²) in [4.78, 5) is 37.6. The summed E-state index contributed by atoms with van der Waals surface area (Å²) in [5.41, 5.74) is 0.0473. The molecule has 0 spiro atoms. The fourth-order valence-corrected chi connectivity index (χ4v) is 3.83. The van der Waals surface area contributed by atoms with Crippen LogP contribution in [0.4, 0.5) is 0 Å². The number of hydrogen-bond donors (Lipinski definition) is 1. The normalized spacial score (nSPS) is 16.8. The van der Waals surface area contributed by atoms with E-state index >= 15 is 0 Å². The van der Waals surface area contributed by atoms with E-state index in [1.165, 1.54) is 11.8 Å². The predicted octanol–water partition coefficient (Wildman–Crippen LogP) is 2.36. The SMILES string of the molecule is CC(C)(C(=O)c1ccc(SCC(C=O)CC(=O)O)cc1)N1CCOCC1. The van der Waals surface area contributed by atoms with Gasteiger partial charge in [-0.15, -0.1) is 11.8 Å². The van der Waals surface area contributed by atoms with Gasteiger partial charge in [-0.2, -0.15) is 0 Å². The van der Waals surface area contributed by atoms with Gasteiger partial charge in [-0.1, -0.05) is 12.1 Å². The third-order valence-corrected chi connectivity index (χ3v) is 5.77. The van der Waals surface area contributed by atoms with Crippen molar-refractivity contribution in [3.63, 3.8) is 0 Å². The molecule has 1 aliphatic heterocycles. The van der Waals surface area contributed by atoms with Gasteiger partial charge in [0.1, 0.15) is 6.29 Å². The number of hydrogen-bond acceptors (Lipinski definition) is 6. The second-order valence-electron chi connectivity index (χ2n) is 6.82. The van der Waals surface area contributed by atoms with E-state index in [9.17, 15) is 14.4 Å². The van der Waals surface area contributed by atoms with Crippen LogP contribution in [0.25, 0.3) is 0 Å². The molecule has 1 fully saturated rings. The monoisotopic (exact) mass is 379 g/mol. The number of carbonyl (C=O) groups excluding carboxylic acids is 2. The number of ether oxygens (including phenoxy) is 1. The molecule has 0 bridgehead atoms. The topological polar surface area (TPSA) is 83.9 Å². The number of carbonyl (C=O) groups is 3. The molecule has 142 valence electrons. The van der Waals surface area contributed by atoms with E-state index < -0.39 is 17.4 Å². The van der Waals surface area contributed by atoms with Crippen LogP contribution in [0.2, 0.25) is 0 Å². The van der Waals surface area contributed by atoms with Crippen molar-refractivity contribution in [3.8, 4) is 0 Å². The van der Waals surface area contributed by atoms with Crippen molar-refractivity contribution in [2.75, 3.05) is 32.1 Å². The second kappa shape index (κ2) is 9.30. The first-order valence-electron chi connectivity index (χ1n) is 8.62. The van der Waals surface area contributed by atoms with Crippen molar-refractivity contribution in [3.05, 3.63) is 29.8 Å². The van der Waals surface area contributed by atoms with Crippen molar-refractivity contribution in [2.45, 2.75) is 30.7 Å². The number of aldehydes is 1. The number of carboxylic acids is 1. The fourth-order valence-electron chi connectivity index (χ4n) is 2.90. The maximum absolute atomic E-state index is 12.9. The van der Waals surface area contributed by atoms with Gasteiger partial charge in [0, 0.05) is 35.2 Å². The summed E-state index contributed by atoms with van der Waals surface area (Å²) in [5.74, 6) is -1.02. The number of morpholine rings is 1. The van der Waals surface area contributed by atoms with E-state index in [0.717, 1.165) is 18.0 Å². The number of carboxylic acid groups (broad SMARTS) is 1. The van der Waals surface area contributed by atoms with Gasteiger partial charge in [-0.05, 0) is 26.0 Å². The Bertz CT molecular complexity index is 638. The lowest BCUT2D eigenvalue weighted by molar-refractivity contribution is -0.138. The van der Waals surface area contributed by atoms with Gasteiger partial charge in [-0.25, -0.2) is 0 Å². The molecule has 1 unspecified atom stereocenters. The Labute approximate surface area is 157 Å². The minimum absolute atomic E-state index is 0.0626. The summed E-state index contributed by atoms with van der Waals surface area (Å²) in [6.45, 7) is 6.63. The Balaban J connectivity index is 1.98. The molecule has 0 aliphatic carbocycles. The molecule has 0 aromatic heterocycles. The van der Waals surface area contributed by atoms with Gasteiger partial charge >= 0.3 is 5.97 Å². The molecule has 1 aromatic carbocycles. The standard InChI is InChI=1S/C19H25NO5S/c1-19(2,20-7-9-25-10-8-20)18(24)15-3-5-16(6-4-15)26-13-14(12-21)11-17(22)23/h3-6,12,14H,7-11,13H2,1-2H3,(H,22,23). The third-order valence-electron chi connectivity index (χ3n) is 4.57. The summed E-state index contributed by atoms with van der Waals surface area (Å²) in [6.07, 6.45) is 0.519. The van der Waals surface area contributed by atoms with E-state index in [1.54, 1.807) is 12.1 Å². The zero-order valence-electron chi connectivity index (χ0n) is 15.1.